The molecule has 0 aromatic carbocycles. The third kappa shape index (κ3) is 2.16. The van der Waals surface area contributed by atoms with Crippen LogP contribution in [0.25, 0.3) is 0 Å². The number of pyridine rings is 1. The van der Waals surface area contributed by atoms with Gasteiger partial charge in [-0.1, -0.05) is 0 Å². The Morgan fingerprint density at radius 2 is 1.86 bits per heavy atom. The van der Waals surface area contributed by atoms with Crippen LogP contribution in [0.4, 0.5) is 22.0 Å². The van der Waals surface area contributed by atoms with Crippen LogP contribution < -0.4 is 5.73 Å². The van der Waals surface area contributed by atoms with Crippen molar-refractivity contribution >= 4 is 0 Å². The molecule has 1 aromatic rings. The predicted octanol–water partition coefficient (Wildman–Crippen LogP) is 1.92. The van der Waals surface area contributed by atoms with Gasteiger partial charge in [-0.25, -0.2) is 9.37 Å². The summed E-state index contributed by atoms with van der Waals surface area (Å²) in [5, 5.41) is 0. The van der Waals surface area contributed by atoms with Crippen LogP contribution >= 0.6 is 0 Å². The fourth-order valence-electron chi connectivity index (χ4n) is 0.795. The minimum atomic E-state index is -4.70. The zero-order chi connectivity index (χ0) is 10.9. The van der Waals surface area contributed by atoms with Crippen LogP contribution in [0, 0.1) is 11.8 Å². The van der Waals surface area contributed by atoms with Gasteiger partial charge in [0.2, 0.25) is 5.95 Å². The van der Waals surface area contributed by atoms with Gasteiger partial charge in [-0.3, -0.25) is 0 Å². The third-order valence-corrected chi connectivity index (χ3v) is 1.53. The average Bonchev–Trinajstić information content (AvgIpc) is 2.07. The van der Waals surface area contributed by atoms with Crippen LogP contribution in [0.3, 0.4) is 0 Å². The van der Waals surface area contributed by atoms with Gasteiger partial charge < -0.3 is 5.73 Å². The highest BCUT2D eigenvalue weighted by atomic mass is 19.4. The van der Waals surface area contributed by atoms with Gasteiger partial charge in [-0.05, 0) is 11.6 Å². The number of halogens is 5. The average molecular weight is 212 g/mol. The number of hydrogen-bond donors (Lipinski definition) is 1. The van der Waals surface area contributed by atoms with Crippen molar-refractivity contribution in [2.45, 2.75) is 12.2 Å². The highest BCUT2D eigenvalue weighted by molar-refractivity contribution is 5.16. The number of nitrogens with zero attached hydrogens (tertiary/aromatic N) is 1. The van der Waals surface area contributed by atoms with Crippen molar-refractivity contribution in [3.05, 3.63) is 29.6 Å². The maximum Gasteiger partial charge on any atom is 0.407 e. The van der Waals surface area contributed by atoms with Crippen LogP contribution in [0.1, 0.15) is 11.6 Å². The molecule has 1 rings (SSSR count). The maximum absolute atomic E-state index is 12.5. The van der Waals surface area contributed by atoms with Gasteiger partial charge in [-0.2, -0.15) is 17.6 Å². The van der Waals surface area contributed by atoms with E-state index in [0.717, 1.165) is 0 Å². The third-order valence-electron chi connectivity index (χ3n) is 1.53. The van der Waals surface area contributed by atoms with Crippen LogP contribution in [0.2, 0.25) is 0 Å². The van der Waals surface area contributed by atoms with Crippen molar-refractivity contribution < 1.29 is 22.0 Å². The molecule has 7 heteroatoms. The van der Waals surface area contributed by atoms with E-state index >= 15 is 0 Å². The minimum Gasteiger partial charge on any atom is -0.316 e. The Bertz CT molecular complexity index is 335. The summed E-state index contributed by atoms with van der Waals surface area (Å²) in [5.74, 6) is -2.91. The normalized spacial score (nSPS) is 14.1. The van der Waals surface area contributed by atoms with E-state index in [1.54, 1.807) is 0 Å². The lowest BCUT2D eigenvalue weighted by Crippen LogP contribution is -2.28. The van der Waals surface area contributed by atoms with Gasteiger partial charge >= 0.3 is 6.18 Å². The second-order valence-electron chi connectivity index (χ2n) is 2.56. The smallest absolute Gasteiger partial charge is 0.316 e. The summed E-state index contributed by atoms with van der Waals surface area (Å²) in [6.45, 7) is 0. The molecule has 0 unspecified atom stereocenters. The van der Waals surface area contributed by atoms with E-state index in [0.29, 0.717) is 12.3 Å². The van der Waals surface area contributed by atoms with Gasteiger partial charge in [0.15, 0.2) is 5.82 Å². The Labute approximate surface area is 75.5 Å². The lowest BCUT2D eigenvalue weighted by atomic mass is 10.1. The molecule has 0 aliphatic heterocycles. The predicted molar refractivity (Wildman–Crippen MR) is 37.1 cm³/mol. The maximum atomic E-state index is 12.5. The molecule has 78 valence electrons. The lowest BCUT2D eigenvalue weighted by Gasteiger charge is -2.15. The lowest BCUT2D eigenvalue weighted by molar-refractivity contribution is -0.149. The first kappa shape index (κ1) is 10.8. The summed E-state index contributed by atoms with van der Waals surface area (Å²) in [6.07, 6.45) is -4.15. The molecule has 0 aliphatic rings. The first-order valence-electron chi connectivity index (χ1n) is 3.45. The van der Waals surface area contributed by atoms with Crippen LogP contribution in [-0.2, 0) is 0 Å². The first-order chi connectivity index (χ1) is 6.32. The molecule has 0 aliphatic carbocycles. The second-order valence-corrected chi connectivity index (χ2v) is 2.56. The molecule has 0 radical (unpaired) electrons. The van der Waals surface area contributed by atoms with Crippen molar-refractivity contribution in [3.8, 4) is 0 Å². The number of rotatable bonds is 1. The number of nitrogens with two attached hydrogens (primary N) is 1. The molecule has 1 atom stereocenters. The number of hydrogen-bond acceptors (Lipinski definition) is 2. The number of alkyl halides is 3. The van der Waals surface area contributed by atoms with Crippen molar-refractivity contribution in [2.75, 3.05) is 0 Å². The largest absolute Gasteiger partial charge is 0.407 e. The van der Waals surface area contributed by atoms with Crippen molar-refractivity contribution in [1.82, 2.24) is 4.98 Å². The van der Waals surface area contributed by atoms with Gasteiger partial charge in [0.25, 0.3) is 0 Å². The van der Waals surface area contributed by atoms with Crippen LogP contribution in [0.15, 0.2) is 12.3 Å². The molecular weight excluding hydrogens is 207 g/mol. The van der Waals surface area contributed by atoms with E-state index in [2.05, 4.69) is 4.98 Å². The van der Waals surface area contributed by atoms with Crippen LogP contribution in [-0.4, -0.2) is 11.2 Å². The standard InChI is InChI=1S/C7H5F5N2/c8-4-1-3(2-14-6(4)9)5(13)7(10,11)12/h1-2,5H,13H2/t5-/m1/s1. The monoisotopic (exact) mass is 212 g/mol. The summed E-state index contributed by atoms with van der Waals surface area (Å²) in [6, 6.07) is -1.98. The zero-order valence-corrected chi connectivity index (χ0v) is 6.65. The van der Waals surface area contributed by atoms with E-state index in [9.17, 15) is 22.0 Å². The summed E-state index contributed by atoms with van der Waals surface area (Å²) in [4.78, 5) is 2.79. The highest BCUT2D eigenvalue weighted by Crippen LogP contribution is 2.30. The first-order valence-corrected chi connectivity index (χ1v) is 3.45. The Hall–Kier alpha value is -1.24. The molecule has 0 bridgehead atoms. The molecule has 0 saturated heterocycles. The summed E-state index contributed by atoms with van der Waals surface area (Å²) >= 11 is 0. The molecule has 14 heavy (non-hydrogen) atoms. The second kappa shape index (κ2) is 3.49. The van der Waals surface area contributed by atoms with E-state index in [1.807, 2.05) is 0 Å². The molecular formula is C7H5F5N2. The zero-order valence-electron chi connectivity index (χ0n) is 6.65. The molecule has 1 aromatic heterocycles. The fourth-order valence-corrected chi connectivity index (χ4v) is 0.795. The highest BCUT2D eigenvalue weighted by Gasteiger charge is 2.38. The van der Waals surface area contributed by atoms with E-state index < -0.39 is 29.5 Å². The van der Waals surface area contributed by atoms with Crippen molar-refractivity contribution in [1.29, 1.82) is 0 Å². The molecule has 0 amide bonds. The minimum absolute atomic E-state index is 0.375. The Morgan fingerprint density at radius 1 is 1.29 bits per heavy atom. The molecule has 1 heterocycles. The van der Waals surface area contributed by atoms with Gasteiger partial charge in [0.1, 0.15) is 6.04 Å². The fraction of sp³-hybridized carbons (Fsp3) is 0.286. The summed E-state index contributed by atoms with van der Waals surface area (Å²) in [7, 11) is 0. The van der Waals surface area contributed by atoms with Crippen molar-refractivity contribution in [3.63, 3.8) is 0 Å². The van der Waals surface area contributed by atoms with Crippen LogP contribution in [0.5, 0.6) is 0 Å². The van der Waals surface area contributed by atoms with Crippen molar-refractivity contribution in [2.24, 2.45) is 5.73 Å². The molecule has 2 nitrogen and oxygen atoms in total. The van der Waals surface area contributed by atoms with E-state index in [1.165, 1.54) is 0 Å². The van der Waals surface area contributed by atoms with Gasteiger partial charge in [0.05, 0.1) is 0 Å². The Kier molecular flexibility index (Phi) is 2.70. The molecule has 0 saturated carbocycles. The molecule has 0 spiro atoms. The van der Waals surface area contributed by atoms with E-state index in [-0.39, 0.29) is 0 Å². The van der Waals surface area contributed by atoms with Gasteiger partial charge in [-0.15, -0.1) is 0 Å². The Morgan fingerprint density at radius 3 is 2.29 bits per heavy atom. The topological polar surface area (TPSA) is 38.9 Å². The Balaban J connectivity index is 3.03. The summed E-state index contributed by atoms with van der Waals surface area (Å²) < 4.78 is 60.7. The van der Waals surface area contributed by atoms with Gasteiger partial charge in [0, 0.05) is 6.20 Å². The van der Waals surface area contributed by atoms with E-state index in [4.69, 9.17) is 5.73 Å². The quantitative estimate of drug-likeness (QED) is 0.570. The SMILES string of the molecule is N[C@H](c1cnc(F)c(F)c1)C(F)(F)F. The molecule has 0 fully saturated rings. The number of aromatic nitrogens is 1. The molecule has 2 N–H and O–H groups in total. The summed E-state index contributed by atoms with van der Waals surface area (Å²) in [5.41, 5.74) is 4.12.